The van der Waals surface area contributed by atoms with Crippen LogP contribution in [0.25, 0.3) is 0 Å². The number of rotatable bonds is 5. The van der Waals surface area contributed by atoms with Gasteiger partial charge in [-0.05, 0) is 17.7 Å². The van der Waals surface area contributed by atoms with Gasteiger partial charge >= 0.3 is 0 Å². The number of pyridine rings is 1. The van der Waals surface area contributed by atoms with Crippen LogP contribution < -0.4 is 10.2 Å². The SMILES string of the molecule is CN(Cc1ccccc1)c1ncnc2c1[C@@H]1OC[C@H](CN2)N1S(=O)(=O)c1cccnc1. The Labute approximate surface area is 180 Å². The molecule has 1 saturated heterocycles. The van der Waals surface area contributed by atoms with Gasteiger partial charge in [0.2, 0.25) is 10.0 Å². The van der Waals surface area contributed by atoms with Crippen LogP contribution >= 0.6 is 0 Å². The van der Waals surface area contributed by atoms with Gasteiger partial charge in [-0.3, -0.25) is 4.98 Å². The summed E-state index contributed by atoms with van der Waals surface area (Å²) in [7, 11) is -1.91. The van der Waals surface area contributed by atoms with Gasteiger partial charge in [0.15, 0.2) is 6.23 Å². The number of aromatic nitrogens is 3. The molecule has 2 aliphatic heterocycles. The number of nitrogens with one attached hydrogen (secondary N) is 1. The van der Waals surface area contributed by atoms with Crippen molar-refractivity contribution in [1.82, 2.24) is 19.3 Å². The van der Waals surface area contributed by atoms with Crippen LogP contribution in [0.4, 0.5) is 11.6 Å². The van der Waals surface area contributed by atoms with Crippen molar-refractivity contribution in [3.63, 3.8) is 0 Å². The summed E-state index contributed by atoms with van der Waals surface area (Å²) >= 11 is 0. The first-order valence-corrected chi connectivity index (χ1v) is 11.4. The van der Waals surface area contributed by atoms with E-state index in [1.54, 1.807) is 18.3 Å². The molecule has 160 valence electrons. The zero-order valence-electron chi connectivity index (χ0n) is 16.9. The van der Waals surface area contributed by atoms with E-state index in [-0.39, 0.29) is 17.5 Å². The van der Waals surface area contributed by atoms with Crippen molar-refractivity contribution in [3.8, 4) is 0 Å². The van der Waals surface area contributed by atoms with Gasteiger partial charge in [-0.15, -0.1) is 0 Å². The van der Waals surface area contributed by atoms with E-state index in [4.69, 9.17) is 4.74 Å². The number of hydrogen-bond donors (Lipinski definition) is 1. The highest BCUT2D eigenvalue weighted by atomic mass is 32.2. The van der Waals surface area contributed by atoms with Crippen LogP contribution in [0.3, 0.4) is 0 Å². The topological polar surface area (TPSA) is 101 Å². The standard InChI is InChI=1S/C21H22N6O3S/c1-26(12-15-6-3-2-4-7-15)20-18-19(24-14-25-20)23-10-16-13-30-21(18)27(16)31(28,29)17-8-5-9-22-11-17/h2-9,11,14,16,21H,10,12-13H2,1H3,(H,23,24,25)/t16-,21-/m0/s1. The predicted octanol–water partition coefficient (Wildman–Crippen LogP) is 2.02. The molecule has 2 bridgehead atoms. The van der Waals surface area contributed by atoms with E-state index in [0.717, 1.165) is 5.56 Å². The molecule has 2 aliphatic rings. The molecule has 1 N–H and O–H groups in total. The maximum absolute atomic E-state index is 13.5. The molecule has 0 spiro atoms. The fourth-order valence-electron chi connectivity index (χ4n) is 4.05. The number of nitrogens with zero attached hydrogens (tertiary/aromatic N) is 5. The van der Waals surface area contributed by atoms with Crippen molar-refractivity contribution in [3.05, 3.63) is 72.3 Å². The van der Waals surface area contributed by atoms with Gasteiger partial charge in [0.25, 0.3) is 0 Å². The molecule has 1 fully saturated rings. The summed E-state index contributed by atoms with van der Waals surface area (Å²) < 4.78 is 34.5. The average Bonchev–Trinajstić information content (AvgIpc) is 3.14. The van der Waals surface area contributed by atoms with Gasteiger partial charge < -0.3 is 15.0 Å². The van der Waals surface area contributed by atoms with Crippen LogP contribution in [0.1, 0.15) is 17.4 Å². The highest BCUT2D eigenvalue weighted by molar-refractivity contribution is 7.89. The number of anilines is 2. The summed E-state index contributed by atoms with van der Waals surface area (Å²) in [6, 6.07) is 12.8. The monoisotopic (exact) mass is 438 g/mol. The Balaban J connectivity index is 1.57. The highest BCUT2D eigenvalue weighted by Crippen LogP contribution is 2.43. The molecule has 31 heavy (non-hydrogen) atoms. The molecule has 2 aromatic heterocycles. The maximum atomic E-state index is 13.5. The summed E-state index contributed by atoms with van der Waals surface area (Å²) in [5.41, 5.74) is 1.73. The quantitative estimate of drug-likeness (QED) is 0.646. The first kappa shape index (κ1) is 19.9. The minimum absolute atomic E-state index is 0.134. The molecule has 0 saturated carbocycles. The second kappa shape index (κ2) is 7.88. The number of sulfonamides is 1. The molecule has 0 aliphatic carbocycles. The number of hydrogen-bond acceptors (Lipinski definition) is 8. The Morgan fingerprint density at radius 1 is 1.19 bits per heavy atom. The third-order valence-corrected chi connectivity index (χ3v) is 7.37. The third kappa shape index (κ3) is 3.52. The minimum Gasteiger partial charge on any atom is -0.368 e. The predicted molar refractivity (Wildman–Crippen MR) is 115 cm³/mol. The van der Waals surface area contributed by atoms with E-state index in [1.165, 1.54) is 16.8 Å². The Morgan fingerprint density at radius 3 is 2.81 bits per heavy atom. The molecule has 0 unspecified atom stereocenters. The Hall–Kier alpha value is -3.08. The fourth-order valence-corrected chi connectivity index (χ4v) is 5.68. The van der Waals surface area contributed by atoms with Gasteiger partial charge in [0.1, 0.15) is 22.9 Å². The van der Waals surface area contributed by atoms with Crippen LogP contribution in [-0.2, 0) is 21.3 Å². The van der Waals surface area contributed by atoms with Crippen molar-refractivity contribution in [2.45, 2.75) is 23.7 Å². The normalized spacial score (nSPS) is 20.5. The van der Waals surface area contributed by atoms with Crippen molar-refractivity contribution in [2.75, 3.05) is 30.4 Å². The zero-order valence-corrected chi connectivity index (χ0v) is 17.7. The van der Waals surface area contributed by atoms with Crippen molar-refractivity contribution in [2.24, 2.45) is 0 Å². The van der Waals surface area contributed by atoms with Crippen LogP contribution in [0.5, 0.6) is 0 Å². The highest BCUT2D eigenvalue weighted by Gasteiger charge is 2.48. The molecule has 5 rings (SSSR count). The second-order valence-electron chi connectivity index (χ2n) is 7.55. The van der Waals surface area contributed by atoms with E-state index in [9.17, 15) is 8.42 Å². The molecule has 0 radical (unpaired) electrons. The lowest BCUT2D eigenvalue weighted by Gasteiger charge is -2.28. The summed E-state index contributed by atoms with van der Waals surface area (Å²) in [5, 5.41) is 3.29. The van der Waals surface area contributed by atoms with Crippen LogP contribution in [0.2, 0.25) is 0 Å². The summed E-state index contributed by atoms with van der Waals surface area (Å²) in [6.45, 7) is 1.28. The number of ether oxygens (including phenoxy) is 1. The molecule has 3 aromatic rings. The molecular weight excluding hydrogens is 416 g/mol. The van der Waals surface area contributed by atoms with Crippen molar-refractivity contribution >= 4 is 21.7 Å². The maximum Gasteiger partial charge on any atom is 0.247 e. The van der Waals surface area contributed by atoms with Crippen LogP contribution in [0.15, 0.2) is 66.1 Å². The van der Waals surface area contributed by atoms with Gasteiger partial charge in [0, 0.05) is 32.5 Å². The van der Waals surface area contributed by atoms with Gasteiger partial charge in [-0.2, -0.15) is 4.31 Å². The molecule has 9 nitrogen and oxygen atoms in total. The van der Waals surface area contributed by atoms with E-state index >= 15 is 0 Å². The third-order valence-electron chi connectivity index (χ3n) is 5.49. The van der Waals surface area contributed by atoms with Gasteiger partial charge in [-0.25, -0.2) is 18.4 Å². The second-order valence-corrected chi connectivity index (χ2v) is 9.39. The molecule has 10 heteroatoms. The molecule has 4 heterocycles. The van der Waals surface area contributed by atoms with Crippen molar-refractivity contribution < 1.29 is 13.2 Å². The smallest absolute Gasteiger partial charge is 0.247 e. The van der Waals surface area contributed by atoms with Crippen LogP contribution in [-0.4, -0.2) is 53.9 Å². The lowest BCUT2D eigenvalue weighted by Crippen LogP contribution is -2.40. The van der Waals surface area contributed by atoms with Crippen molar-refractivity contribution in [1.29, 1.82) is 0 Å². The lowest BCUT2D eigenvalue weighted by molar-refractivity contribution is 0.0688. The molecule has 1 aromatic carbocycles. The molecule has 0 amide bonds. The summed E-state index contributed by atoms with van der Waals surface area (Å²) in [5.74, 6) is 1.21. The first-order chi connectivity index (χ1) is 15.1. The fraction of sp³-hybridized carbons (Fsp3) is 0.286. The van der Waals surface area contributed by atoms with Gasteiger partial charge in [-0.1, -0.05) is 30.3 Å². The lowest BCUT2D eigenvalue weighted by atomic mass is 10.2. The van der Waals surface area contributed by atoms with Gasteiger partial charge in [0.05, 0.1) is 18.2 Å². The molecular formula is C21H22N6O3S. The van der Waals surface area contributed by atoms with Crippen LogP contribution in [0, 0.1) is 0 Å². The number of benzene rings is 1. The summed E-state index contributed by atoms with van der Waals surface area (Å²) in [6.07, 6.45) is 3.57. The minimum atomic E-state index is -3.83. The van der Waals surface area contributed by atoms with E-state index < -0.39 is 16.3 Å². The Kier molecular flexibility index (Phi) is 5.05. The first-order valence-electron chi connectivity index (χ1n) is 9.94. The van der Waals surface area contributed by atoms with E-state index in [2.05, 4.69) is 20.3 Å². The molecule has 2 atom stereocenters. The number of fused-ring (bicyclic) bond motifs is 4. The largest absolute Gasteiger partial charge is 0.368 e. The summed E-state index contributed by atoms with van der Waals surface area (Å²) in [4.78, 5) is 15.0. The van der Waals surface area contributed by atoms with E-state index in [1.807, 2.05) is 42.3 Å². The Morgan fingerprint density at radius 2 is 2.03 bits per heavy atom. The zero-order chi connectivity index (χ0) is 21.4. The average molecular weight is 439 g/mol. The Bertz CT molecular complexity index is 1180. The van der Waals surface area contributed by atoms with E-state index in [0.29, 0.717) is 30.3 Å².